The third-order valence-electron chi connectivity index (χ3n) is 9.78. The van der Waals surface area contributed by atoms with E-state index >= 15 is 0 Å². The van der Waals surface area contributed by atoms with Gasteiger partial charge in [0.15, 0.2) is 0 Å². The van der Waals surface area contributed by atoms with E-state index in [9.17, 15) is 0 Å². The van der Waals surface area contributed by atoms with E-state index < -0.39 is 0 Å². The van der Waals surface area contributed by atoms with Gasteiger partial charge in [-0.15, -0.1) is 0 Å². The largest absolute Gasteiger partial charge is 0.248 e. The molecular formula is C45H27N. The molecule has 1 aliphatic rings. The molecule has 0 N–H and O–H groups in total. The van der Waals surface area contributed by atoms with E-state index in [4.69, 9.17) is 4.98 Å². The molecule has 8 aromatic carbocycles. The predicted octanol–water partition coefficient (Wildman–Crippen LogP) is 12.3. The number of aromatic nitrogens is 1. The van der Waals surface area contributed by atoms with Crippen LogP contribution in [0.15, 0.2) is 164 Å². The Labute approximate surface area is 267 Å². The predicted molar refractivity (Wildman–Crippen MR) is 195 cm³/mol. The second-order valence-electron chi connectivity index (χ2n) is 12.2. The van der Waals surface area contributed by atoms with Crippen LogP contribution in [-0.2, 0) is 0 Å². The van der Waals surface area contributed by atoms with Gasteiger partial charge in [-0.25, -0.2) is 4.98 Å². The molecule has 0 amide bonds. The molecule has 0 bridgehead atoms. The molecule has 1 aliphatic carbocycles. The van der Waals surface area contributed by atoms with Crippen LogP contribution in [0.25, 0.3) is 99.0 Å². The molecule has 0 unspecified atom stereocenters. The molecule has 1 aromatic heterocycles. The van der Waals surface area contributed by atoms with E-state index in [0.717, 1.165) is 11.0 Å². The van der Waals surface area contributed by atoms with Gasteiger partial charge in [0.2, 0.25) is 0 Å². The molecule has 1 nitrogen and oxygen atoms in total. The highest BCUT2D eigenvalue weighted by molar-refractivity contribution is 6.29. The lowest BCUT2D eigenvalue weighted by Gasteiger charge is -2.20. The molecule has 212 valence electrons. The highest BCUT2D eigenvalue weighted by atomic mass is 14.7. The molecule has 0 fully saturated rings. The standard InChI is InChI=1S/C45H27N/c1-3-14-28(15-4-1)40-30-18-7-8-19-31(30)41(29-16-5-2-6-17-29)45-37-27-26-33(32-22-13-23-36(43(32)37)44(40)45)42-34-20-9-11-24-38(34)46-39-25-12-10-21-35(39)42/h1-27H. The average molecular weight is 582 g/mol. The molecule has 10 rings (SSSR count). The summed E-state index contributed by atoms with van der Waals surface area (Å²) in [5.41, 5.74) is 14.9. The van der Waals surface area contributed by atoms with Crippen LogP contribution in [0.2, 0.25) is 0 Å². The van der Waals surface area contributed by atoms with Gasteiger partial charge in [-0.05, 0) is 83.7 Å². The first-order chi connectivity index (χ1) is 22.9. The third kappa shape index (κ3) is 3.48. The minimum atomic E-state index is 1.02. The molecule has 0 aliphatic heterocycles. The van der Waals surface area contributed by atoms with Gasteiger partial charge in [-0.2, -0.15) is 0 Å². The van der Waals surface area contributed by atoms with Crippen molar-refractivity contribution in [3.63, 3.8) is 0 Å². The normalized spacial score (nSPS) is 11.9. The summed E-state index contributed by atoms with van der Waals surface area (Å²) in [6, 6.07) is 59.6. The van der Waals surface area contributed by atoms with Crippen LogP contribution in [-0.4, -0.2) is 4.98 Å². The van der Waals surface area contributed by atoms with Crippen molar-refractivity contribution in [1.82, 2.24) is 4.98 Å². The summed E-state index contributed by atoms with van der Waals surface area (Å²) >= 11 is 0. The molecule has 0 saturated heterocycles. The Hall–Kier alpha value is -6.05. The quantitative estimate of drug-likeness (QED) is 0.189. The van der Waals surface area contributed by atoms with Crippen molar-refractivity contribution in [2.45, 2.75) is 0 Å². The van der Waals surface area contributed by atoms with E-state index in [1.807, 2.05) is 0 Å². The number of fused-ring (bicyclic) bond motifs is 6. The Morgan fingerprint density at radius 3 is 1.26 bits per heavy atom. The molecule has 1 heterocycles. The van der Waals surface area contributed by atoms with Crippen LogP contribution < -0.4 is 0 Å². The van der Waals surface area contributed by atoms with Crippen molar-refractivity contribution < 1.29 is 0 Å². The molecule has 1 heteroatoms. The monoisotopic (exact) mass is 581 g/mol. The summed E-state index contributed by atoms with van der Waals surface area (Å²) in [6.07, 6.45) is 0. The van der Waals surface area contributed by atoms with Crippen LogP contribution in [0, 0.1) is 0 Å². The van der Waals surface area contributed by atoms with Gasteiger partial charge in [0.05, 0.1) is 11.0 Å². The van der Waals surface area contributed by atoms with Crippen LogP contribution in [0.4, 0.5) is 0 Å². The topological polar surface area (TPSA) is 12.9 Å². The second kappa shape index (κ2) is 9.72. The zero-order chi connectivity index (χ0) is 30.2. The molecule has 9 aromatic rings. The highest BCUT2D eigenvalue weighted by Gasteiger charge is 2.31. The maximum absolute atomic E-state index is 5.05. The number of rotatable bonds is 3. The summed E-state index contributed by atoms with van der Waals surface area (Å²) in [4.78, 5) is 5.05. The molecule has 0 radical (unpaired) electrons. The van der Waals surface area contributed by atoms with Gasteiger partial charge in [0.25, 0.3) is 0 Å². The Balaban J connectivity index is 1.39. The summed E-state index contributed by atoms with van der Waals surface area (Å²) in [7, 11) is 0. The molecule has 46 heavy (non-hydrogen) atoms. The minimum Gasteiger partial charge on any atom is -0.248 e. The smallest absolute Gasteiger partial charge is 0.0715 e. The minimum absolute atomic E-state index is 1.02. The number of nitrogens with zero attached hydrogens (tertiary/aromatic N) is 1. The Kier molecular flexibility index (Phi) is 5.35. The first kappa shape index (κ1) is 25.3. The Morgan fingerprint density at radius 2 is 0.696 bits per heavy atom. The lowest BCUT2D eigenvalue weighted by molar-refractivity contribution is 1.50. The summed E-state index contributed by atoms with van der Waals surface area (Å²) in [6.45, 7) is 0. The van der Waals surface area contributed by atoms with Crippen molar-refractivity contribution in [3.05, 3.63) is 164 Å². The maximum atomic E-state index is 5.05. The van der Waals surface area contributed by atoms with Gasteiger partial charge in [-0.3, -0.25) is 0 Å². The van der Waals surface area contributed by atoms with Gasteiger partial charge in [0, 0.05) is 16.3 Å². The summed E-state index contributed by atoms with van der Waals surface area (Å²) < 4.78 is 0. The number of para-hydroxylation sites is 2. The third-order valence-corrected chi connectivity index (χ3v) is 9.78. The van der Waals surface area contributed by atoms with Crippen molar-refractivity contribution in [2.24, 2.45) is 0 Å². The van der Waals surface area contributed by atoms with Gasteiger partial charge in [-0.1, -0.05) is 152 Å². The van der Waals surface area contributed by atoms with Crippen LogP contribution >= 0.6 is 0 Å². The fourth-order valence-corrected chi connectivity index (χ4v) is 7.96. The van der Waals surface area contributed by atoms with E-state index in [1.165, 1.54) is 88.0 Å². The number of hydrogen-bond donors (Lipinski definition) is 0. The molecule has 0 spiro atoms. The molecule has 0 atom stereocenters. The molecular weight excluding hydrogens is 555 g/mol. The van der Waals surface area contributed by atoms with Crippen molar-refractivity contribution >= 4 is 43.4 Å². The zero-order valence-electron chi connectivity index (χ0n) is 25.0. The van der Waals surface area contributed by atoms with Crippen LogP contribution in [0.1, 0.15) is 0 Å². The van der Waals surface area contributed by atoms with Gasteiger partial charge in [0.1, 0.15) is 0 Å². The van der Waals surface area contributed by atoms with Gasteiger partial charge >= 0.3 is 0 Å². The SMILES string of the molecule is c1ccc(-c2c3c(c(-c4ccccc4)c4ccccc24)-c2ccc(-c4c5ccccc5nc5ccccc45)c4cccc-3c24)cc1. The van der Waals surface area contributed by atoms with E-state index in [-0.39, 0.29) is 0 Å². The lowest BCUT2D eigenvalue weighted by Crippen LogP contribution is -1.93. The van der Waals surface area contributed by atoms with Crippen molar-refractivity contribution in [2.75, 3.05) is 0 Å². The van der Waals surface area contributed by atoms with E-state index in [1.54, 1.807) is 0 Å². The first-order valence-corrected chi connectivity index (χ1v) is 15.9. The number of hydrogen-bond acceptors (Lipinski definition) is 1. The van der Waals surface area contributed by atoms with Crippen molar-refractivity contribution in [3.8, 4) is 55.6 Å². The lowest BCUT2D eigenvalue weighted by atomic mass is 9.82. The van der Waals surface area contributed by atoms with Crippen LogP contribution in [0.3, 0.4) is 0 Å². The average Bonchev–Trinajstić information content (AvgIpc) is 3.45. The highest BCUT2D eigenvalue weighted by Crippen LogP contribution is 2.58. The zero-order valence-corrected chi connectivity index (χ0v) is 25.0. The number of benzene rings is 8. The summed E-state index contributed by atoms with van der Waals surface area (Å²) in [5.74, 6) is 0. The summed E-state index contributed by atoms with van der Waals surface area (Å²) in [5, 5.41) is 7.51. The number of pyridine rings is 1. The fourth-order valence-electron chi connectivity index (χ4n) is 7.96. The Bertz CT molecular complexity index is 2520. The maximum Gasteiger partial charge on any atom is 0.0715 e. The fraction of sp³-hybridized carbons (Fsp3) is 0. The van der Waals surface area contributed by atoms with E-state index in [2.05, 4.69) is 164 Å². The first-order valence-electron chi connectivity index (χ1n) is 15.9. The van der Waals surface area contributed by atoms with E-state index in [0.29, 0.717) is 0 Å². The Morgan fingerprint density at radius 1 is 0.261 bits per heavy atom. The van der Waals surface area contributed by atoms with Crippen molar-refractivity contribution in [1.29, 1.82) is 0 Å². The second-order valence-corrected chi connectivity index (χ2v) is 12.2. The van der Waals surface area contributed by atoms with Gasteiger partial charge < -0.3 is 0 Å². The van der Waals surface area contributed by atoms with Crippen LogP contribution in [0.5, 0.6) is 0 Å². The molecule has 0 saturated carbocycles.